The third-order valence-electron chi connectivity index (χ3n) is 4.48. The number of ether oxygens (including phenoxy) is 1. The fourth-order valence-electron chi connectivity index (χ4n) is 3.01. The summed E-state index contributed by atoms with van der Waals surface area (Å²) >= 11 is 5.98. The summed E-state index contributed by atoms with van der Waals surface area (Å²) in [6.07, 6.45) is 3.24. The average molecular weight is 395 g/mol. The summed E-state index contributed by atoms with van der Waals surface area (Å²) in [5, 5.41) is 9.81. The molecule has 0 saturated heterocycles. The predicted molar refractivity (Wildman–Crippen MR) is 100 cm³/mol. The average Bonchev–Trinajstić information content (AvgIpc) is 2.62. The molecule has 3 N–H and O–H groups in total. The van der Waals surface area contributed by atoms with Crippen LogP contribution in [-0.2, 0) is 14.4 Å². The van der Waals surface area contributed by atoms with Crippen molar-refractivity contribution >= 4 is 29.4 Å². The van der Waals surface area contributed by atoms with Gasteiger partial charge >= 0.3 is 5.97 Å². The van der Waals surface area contributed by atoms with Crippen LogP contribution in [0.15, 0.2) is 24.3 Å². The van der Waals surface area contributed by atoms with Gasteiger partial charge in [-0.25, -0.2) is 0 Å². The second-order valence-corrected chi connectivity index (χ2v) is 7.04. The van der Waals surface area contributed by atoms with Crippen LogP contribution >= 0.6 is 11.6 Å². The van der Waals surface area contributed by atoms with Crippen molar-refractivity contribution in [3.05, 3.63) is 40.4 Å². The fourth-order valence-corrected chi connectivity index (χ4v) is 3.34. The summed E-state index contributed by atoms with van der Waals surface area (Å²) in [5.74, 6) is -3.10. The van der Waals surface area contributed by atoms with Crippen molar-refractivity contribution in [3.8, 4) is 5.75 Å². The first-order valence-corrected chi connectivity index (χ1v) is 8.99. The minimum atomic E-state index is -1.03. The molecule has 0 unspecified atom stereocenters. The number of carbonyl (C=O) groups is 3. The normalized spacial score (nSPS) is 19.9. The lowest BCUT2D eigenvalue weighted by Gasteiger charge is -2.24. The molecule has 0 spiro atoms. The van der Waals surface area contributed by atoms with E-state index in [0.717, 1.165) is 11.1 Å². The Kier molecular flexibility index (Phi) is 6.85. The Bertz CT molecular complexity index is 754. The molecule has 0 radical (unpaired) electrons. The van der Waals surface area contributed by atoms with Crippen LogP contribution in [0, 0.1) is 25.7 Å². The number of hydrogen-bond donors (Lipinski definition) is 3. The topological polar surface area (TPSA) is 105 Å². The van der Waals surface area contributed by atoms with Gasteiger partial charge in [-0.3, -0.25) is 25.2 Å². The zero-order valence-electron chi connectivity index (χ0n) is 15.4. The molecular formula is C19H23ClN2O5. The van der Waals surface area contributed by atoms with Crippen molar-refractivity contribution in [1.29, 1.82) is 0 Å². The Balaban J connectivity index is 1.94. The van der Waals surface area contributed by atoms with Crippen LogP contribution in [-0.4, -0.2) is 29.0 Å². The number of hydrogen-bond acceptors (Lipinski definition) is 4. The summed E-state index contributed by atoms with van der Waals surface area (Å²) in [4.78, 5) is 35.8. The van der Waals surface area contributed by atoms with Crippen molar-refractivity contribution in [1.82, 2.24) is 10.9 Å². The van der Waals surface area contributed by atoms with Gasteiger partial charge in [0.25, 0.3) is 5.91 Å². The van der Waals surface area contributed by atoms with E-state index in [9.17, 15) is 19.5 Å². The Morgan fingerprint density at radius 2 is 1.67 bits per heavy atom. The lowest BCUT2D eigenvalue weighted by molar-refractivity contribution is -0.147. The molecule has 1 aliphatic rings. The minimum absolute atomic E-state index is 0.288. The van der Waals surface area contributed by atoms with Crippen LogP contribution in [0.4, 0.5) is 0 Å². The highest BCUT2D eigenvalue weighted by Crippen LogP contribution is 2.28. The Labute approximate surface area is 162 Å². The molecular weight excluding hydrogens is 372 g/mol. The summed E-state index contributed by atoms with van der Waals surface area (Å²) in [5.41, 5.74) is 6.20. The number of amides is 2. The maximum atomic E-state index is 12.3. The molecule has 7 nitrogen and oxygen atoms in total. The number of carbonyl (C=O) groups excluding carboxylic acids is 2. The van der Waals surface area contributed by atoms with E-state index in [0.29, 0.717) is 17.2 Å². The van der Waals surface area contributed by atoms with E-state index in [4.69, 9.17) is 16.3 Å². The number of allylic oxidation sites excluding steroid dienone is 2. The van der Waals surface area contributed by atoms with Crippen molar-refractivity contribution < 1.29 is 24.2 Å². The first-order valence-electron chi connectivity index (χ1n) is 8.61. The summed E-state index contributed by atoms with van der Waals surface area (Å²) in [7, 11) is 0. The van der Waals surface area contributed by atoms with Gasteiger partial charge in [-0.2, -0.15) is 0 Å². The van der Waals surface area contributed by atoms with E-state index in [2.05, 4.69) is 10.9 Å². The molecule has 0 fully saturated rings. The molecule has 146 valence electrons. The van der Waals surface area contributed by atoms with Gasteiger partial charge < -0.3 is 9.84 Å². The molecule has 27 heavy (non-hydrogen) atoms. The van der Waals surface area contributed by atoms with Crippen molar-refractivity contribution in [2.45, 2.75) is 39.7 Å². The minimum Gasteiger partial charge on any atom is -0.481 e. The number of aliphatic carboxylic acids is 1. The monoisotopic (exact) mass is 394 g/mol. The molecule has 1 aliphatic carbocycles. The van der Waals surface area contributed by atoms with Gasteiger partial charge in [0.1, 0.15) is 5.75 Å². The van der Waals surface area contributed by atoms with E-state index >= 15 is 0 Å². The Morgan fingerprint density at radius 1 is 1.11 bits per heavy atom. The van der Waals surface area contributed by atoms with Gasteiger partial charge in [0.15, 0.2) is 6.10 Å². The van der Waals surface area contributed by atoms with E-state index in [1.54, 1.807) is 31.2 Å². The maximum Gasteiger partial charge on any atom is 0.307 e. The van der Waals surface area contributed by atoms with Crippen LogP contribution in [0.5, 0.6) is 5.75 Å². The molecule has 8 heteroatoms. The molecule has 2 rings (SSSR count). The van der Waals surface area contributed by atoms with E-state index in [1.165, 1.54) is 0 Å². The smallest absolute Gasteiger partial charge is 0.307 e. The third-order valence-corrected chi connectivity index (χ3v) is 4.70. The number of benzene rings is 1. The first-order chi connectivity index (χ1) is 12.7. The molecule has 0 bridgehead atoms. The highest BCUT2D eigenvalue weighted by molar-refractivity contribution is 6.30. The van der Waals surface area contributed by atoms with E-state index < -0.39 is 35.7 Å². The van der Waals surface area contributed by atoms with E-state index in [-0.39, 0.29) is 6.42 Å². The number of rotatable bonds is 5. The number of hydrazine groups is 1. The van der Waals surface area contributed by atoms with Gasteiger partial charge in [0.2, 0.25) is 5.91 Å². The third kappa shape index (κ3) is 5.23. The van der Waals surface area contributed by atoms with Crippen LogP contribution in [0.3, 0.4) is 0 Å². The van der Waals surface area contributed by atoms with Crippen molar-refractivity contribution in [2.24, 2.45) is 11.8 Å². The predicted octanol–water partition coefficient (Wildman–Crippen LogP) is 2.54. The molecule has 3 atom stereocenters. The second-order valence-electron chi connectivity index (χ2n) is 6.60. The lowest BCUT2D eigenvalue weighted by atomic mass is 9.82. The van der Waals surface area contributed by atoms with Crippen LogP contribution in [0.1, 0.15) is 30.9 Å². The number of aryl methyl sites for hydroxylation is 2. The molecule has 0 aromatic heterocycles. The number of carboxylic acids is 1. The van der Waals surface area contributed by atoms with Gasteiger partial charge in [-0.1, -0.05) is 23.8 Å². The number of carboxylic acid groups (broad SMARTS) is 1. The summed E-state index contributed by atoms with van der Waals surface area (Å²) in [6, 6.07) is 3.47. The SMILES string of the molecule is Cc1cc(Cl)cc(C)c1O[C@H](C)C(=O)NNC(=O)[C@@H]1CC=CC[C@H]1C(=O)O. The standard InChI is InChI=1S/C19H23ClN2O5/c1-10-8-13(20)9-11(2)16(10)27-12(3)17(23)21-22-18(24)14-6-4-5-7-15(14)19(25)26/h4-5,8-9,12,14-15H,6-7H2,1-3H3,(H,21,23)(H,22,24)(H,25,26)/t12-,14-,15-/m1/s1. The first kappa shape index (κ1) is 20.8. The van der Waals surface area contributed by atoms with Crippen molar-refractivity contribution in [2.75, 3.05) is 0 Å². The number of halogens is 1. The molecule has 1 aromatic carbocycles. The number of nitrogens with one attached hydrogen (secondary N) is 2. The second kappa shape index (κ2) is 8.90. The molecule has 0 heterocycles. The van der Waals surface area contributed by atoms with Crippen LogP contribution < -0.4 is 15.6 Å². The highest BCUT2D eigenvalue weighted by atomic mass is 35.5. The Morgan fingerprint density at radius 3 is 2.22 bits per heavy atom. The van der Waals surface area contributed by atoms with Gasteiger partial charge in [0, 0.05) is 5.02 Å². The molecule has 0 aliphatic heterocycles. The van der Waals surface area contributed by atoms with Crippen LogP contribution in [0.2, 0.25) is 5.02 Å². The van der Waals surface area contributed by atoms with Crippen molar-refractivity contribution in [3.63, 3.8) is 0 Å². The summed E-state index contributed by atoms with van der Waals surface area (Å²) < 4.78 is 5.70. The molecule has 2 amide bonds. The van der Waals surface area contributed by atoms with Gasteiger partial charge in [-0.05, 0) is 56.9 Å². The quantitative estimate of drug-likeness (QED) is 0.525. The van der Waals surface area contributed by atoms with Gasteiger partial charge in [0.05, 0.1) is 11.8 Å². The zero-order chi connectivity index (χ0) is 20.1. The maximum absolute atomic E-state index is 12.3. The van der Waals surface area contributed by atoms with Crippen LogP contribution in [0.25, 0.3) is 0 Å². The van der Waals surface area contributed by atoms with Gasteiger partial charge in [-0.15, -0.1) is 0 Å². The Hall–Kier alpha value is -2.54. The van der Waals surface area contributed by atoms with E-state index in [1.807, 2.05) is 13.8 Å². The summed E-state index contributed by atoms with van der Waals surface area (Å²) in [6.45, 7) is 5.20. The fraction of sp³-hybridized carbons (Fsp3) is 0.421. The molecule has 1 aromatic rings. The molecule has 0 saturated carbocycles. The highest BCUT2D eigenvalue weighted by Gasteiger charge is 2.34. The lowest BCUT2D eigenvalue weighted by Crippen LogP contribution is -2.50. The largest absolute Gasteiger partial charge is 0.481 e. The zero-order valence-corrected chi connectivity index (χ0v) is 16.2.